The van der Waals surface area contributed by atoms with Crippen molar-refractivity contribution in [1.82, 2.24) is 14.9 Å². The number of nitrogens with zero attached hydrogens (tertiary/aromatic N) is 2. The molecule has 2 heterocycles. The molecule has 0 aliphatic rings. The highest BCUT2D eigenvalue weighted by Gasteiger charge is 2.15. The highest BCUT2D eigenvalue weighted by atomic mass is 35.5. The van der Waals surface area contributed by atoms with Crippen molar-refractivity contribution in [2.75, 3.05) is 6.61 Å². The van der Waals surface area contributed by atoms with Gasteiger partial charge in [0.1, 0.15) is 17.6 Å². The van der Waals surface area contributed by atoms with Crippen molar-refractivity contribution in [2.45, 2.75) is 13.1 Å². The molecular weight excluding hydrogens is 410 g/mol. The SMILES string of the molecule is O=C(COC(=O)Cn1cnc2c(oc3ccccc32)c1=O)NCc1cccc(Cl)c1. The maximum Gasteiger partial charge on any atom is 0.326 e. The summed E-state index contributed by atoms with van der Waals surface area (Å²) in [5.74, 6) is -1.21. The van der Waals surface area contributed by atoms with E-state index in [0.29, 0.717) is 16.1 Å². The van der Waals surface area contributed by atoms with E-state index in [1.165, 1.54) is 6.33 Å². The molecule has 0 aliphatic heterocycles. The molecule has 9 heteroatoms. The number of ether oxygens (including phenoxy) is 1. The molecule has 0 saturated heterocycles. The number of hydrogen-bond acceptors (Lipinski definition) is 6. The van der Waals surface area contributed by atoms with Crippen LogP contribution in [0, 0.1) is 0 Å². The number of carbonyl (C=O) groups is 2. The van der Waals surface area contributed by atoms with E-state index in [2.05, 4.69) is 10.3 Å². The lowest BCUT2D eigenvalue weighted by atomic mass is 10.2. The Kier molecular flexibility index (Phi) is 5.49. The maximum absolute atomic E-state index is 12.6. The van der Waals surface area contributed by atoms with Crippen LogP contribution in [0.1, 0.15) is 5.56 Å². The first kappa shape index (κ1) is 19.7. The third kappa shape index (κ3) is 4.18. The lowest BCUT2D eigenvalue weighted by Crippen LogP contribution is -2.30. The van der Waals surface area contributed by atoms with Crippen molar-refractivity contribution >= 4 is 45.5 Å². The lowest BCUT2D eigenvalue weighted by Gasteiger charge is -2.08. The molecule has 0 unspecified atom stereocenters. The average Bonchev–Trinajstić information content (AvgIpc) is 3.12. The zero-order valence-corrected chi connectivity index (χ0v) is 16.4. The second kappa shape index (κ2) is 8.38. The van der Waals surface area contributed by atoms with Gasteiger partial charge in [0.25, 0.3) is 11.5 Å². The molecule has 152 valence electrons. The third-order valence-electron chi connectivity index (χ3n) is 4.39. The average molecular weight is 426 g/mol. The summed E-state index contributed by atoms with van der Waals surface area (Å²) in [7, 11) is 0. The molecule has 0 fully saturated rings. The van der Waals surface area contributed by atoms with E-state index in [0.717, 1.165) is 15.5 Å². The van der Waals surface area contributed by atoms with Gasteiger partial charge in [-0.25, -0.2) is 4.98 Å². The molecule has 2 aromatic carbocycles. The van der Waals surface area contributed by atoms with Gasteiger partial charge in [-0.2, -0.15) is 0 Å². The number of amides is 1. The first-order valence-corrected chi connectivity index (χ1v) is 9.42. The molecule has 4 aromatic rings. The summed E-state index contributed by atoms with van der Waals surface area (Å²) in [4.78, 5) is 40.8. The summed E-state index contributed by atoms with van der Waals surface area (Å²) in [5, 5.41) is 3.91. The minimum atomic E-state index is -0.743. The van der Waals surface area contributed by atoms with Crippen molar-refractivity contribution in [3.8, 4) is 0 Å². The topological polar surface area (TPSA) is 103 Å². The van der Waals surface area contributed by atoms with E-state index in [1.807, 2.05) is 12.1 Å². The van der Waals surface area contributed by atoms with Crippen molar-refractivity contribution in [3.05, 3.63) is 75.8 Å². The van der Waals surface area contributed by atoms with E-state index in [9.17, 15) is 14.4 Å². The molecule has 0 saturated carbocycles. The minimum absolute atomic E-state index is 0.0609. The number of aromatic nitrogens is 2. The van der Waals surface area contributed by atoms with Gasteiger partial charge in [0, 0.05) is 17.0 Å². The van der Waals surface area contributed by atoms with Gasteiger partial charge in [0.05, 0.1) is 6.33 Å². The lowest BCUT2D eigenvalue weighted by molar-refractivity contribution is -0.149. The summed E-state index contributed by atoms with van der Waals surface area (Å²) in [6.07, 6.45) is 1.26. The summed E-state index contributed by atoms with van der Waals surface area (Å²) in [6, 6.07) is 14.2. The van der Waals surface area contributed by atoms with Crippen LogP contribution in [-0.2, 0) is 27.4 Å². The molecule has 30 heavy (non-hydrogen) atoms. The summed E-state index contributed by atoms with van der Waals surface area (Å²) in [5.41, 5.74) is 1.35. The van der Waals surface area contributed by atoms with Crippen molar-refractivity contribution < 1.29 is 18.7 Å². The van der Waals surface area contributed by atoms with Crippen LogP contribution in [-0.4, -0.2) is 28.0 Å². The number of hydrogen-bond donors (Lipinski definition) is 1. The van der Waals surface area contributed by atoms with Gasteiger partial charge in [0.15, 0.2) is 6.61 Å². The van der Waals surface area contributed by atoms with Crippen molar-refractivity contribution in [1.29, 1.82) is 0 Å². The van der Waals surface area contributed by atoms with Gasteiger partial charge in [-0.15, -0.1) is 0 Å². The maximum atomic E-state index is 12.6. The van der Waals surface area contributed by atoms with Gasteiger partial charge in [-0.1, -0.05) is 35.9 Å². The number of carbonyl (C=O) groups excluding carboxylic acids is 2. The summed E-state index contributed by atoms with van der Waals surface area (Å²) < 4.78 is 11.6. The largest absolute Gasteiger partial charge is 0.454 e. The van der Waals surface area contributed by atoms with Gasteiger partial charge in [-0.05, 0) is 29.8 Å². The van der Waals surface area contributed by atoms with Gasteiger partial charge < -0.3 is 14.5 Å². The van der Waals surface area contributed by atoms with Crippen LogP contribution >= 0.6 is 11.6 Å². The quantitative estimate of drug-likeness (QED) is 0.476. The van der Waals surface area contributed by atoms with Gasteiger partial charge in [-0.3, -0.25) is 19.0 Å². The van der Waals surface area contributed by atoms with Crippen molar-refractivity contribution in [2.24, 2.45) is 0 Å². The van der Waals surface area contributed by atoms with E-state index in [-0.39, 0.29) is 18.7 Å². The smallest absolute Gasteiger partial charge is 0.326 e. The molecule has 8 nitrogen and oxygen atoms in total. The Morgan fingerprint density at radius 1 is 1.17 bits per heavy atom. The first-order chi connectivity index (χ1) is 14.5. The molecule has 0 aliphatic carbocycles. The van der Waals surface area contributed by atoms with Crippen LogP contribution < -0.4 is 10.9 Å². The summed E-state index contributed by atoms with van der Waals surface area (Å²) >= 11 is 5.89. The molecule has 0 atom stereocenters. The van der Waals surface area contributed by atoms with Crippen LogP contribution in [0.4, 0.5) is 0 Å². The van der Waals surface area contributed by atoms with Crippen molar-refractivity contribution in [3.63, 3.8) is 0 Å². The molecule has 0 radical (unpaired) electrons. The summed E-state index contributed by atoms with van der Waals surface area (Å²) in [6.45, 7) is -0.599. The second-order valence-electron chi connectivity index (χ2n) is 6.52. The Bertz CT molecular complexity index is 1310. The number of esters is 1. The van der Waals surface area contributed by atoms with Crippen LogP contribution in [0.5, 0.6) is 0 Å². The van der Waals surface area contributed by atoms with E-state index >= 15 is 0 Å². The van der Waals surface area contributed by atoms with Crippen LogP contribution in [0.3, 0.4) is 0 Å². The second-order valence-corrected chi connectivity index (χ2v) is 6.96. The number of nitrogens with one attached hydrogen (secondary N) is 1. The Balaban J connectivity index is 1.36. The third-order valence-corrected chi connectivity index (χ3v) is 4.63. The Labute approximate surface area is 175 Å². The predicted molar refractivity (Wildman–Crippen MR) is 110 cm³/mol. The normalized spacial score (nSPS) is 11.0. The van der Waals surface area contributed by atoms with E-state index in [1.54, 1.807) is 36.4 Å². The first-order valence-electron chi connectivity index (χ1n) is 9.05. The fraction of sp³-hybridized carbons (Fsp3) is 0.143. The van der Waals surface area contributed by atoms with Gasteiger partial charge >= 0.3 is 5.97 Å². The fourth-order valence-electron chi connectivity index (χ4n) is 2.96. The Morgan fingerprint density at radius 2 is 2.00 bits per heavy atom. The number of halogens is 1. The van der Waals surface area contributed by atoms with Crippen LogP contribution in [0.25, 0.3) is 22.1 Å². The number of furan rings is 1. The Hall–Kier alpha value is -3.65. The minimum Gasteiger partial charge on any atom is -0.454 e. The molecular formula is C21H16ClN3O5. The van der Waals surface area contributed by atoms with Crippen LogP contribution in [0.2, 0.25) is 5.02 Å². The fourth-order valence-corrected chi connectivity index (χ4v) is 3.17. The zero-order chi connectivity index (χ0) is 21.1. The number of benzene rings is 2. The highest BCUT2D eigenvalue weighted by Crippen LogP contribution is 2.23. The zero-order valence-electron chi connectivity index (χ0n) is 15.6. The monoisotopic (exact) mass is 425 g/mol. The number of rotatable bonds is 6. The Morgan fingerprint density at radius 3 is 2.83 bits per heavy atom. The van der Waals surface area contributed by atoms with Crippen LogP contribution in [0.15, 0.2) is 64.1 Å². The van der Waals surface area contributed by atoms with Gasteiger partial charge in [0.2, 0.25) is 5.58 Å². The standard InChI is InChI=1S/C21H16ClN3O5/c22-14-5-3-4-13(8-14)9-23-17(26)11-29-18(27)10-25-12-24-19-15-6-1-2-7-16(15)30-20(19)21(25)28/h1-8,12H,9-11H2,(H,23,26). The number of para-hydroxylation sites is 1. The predicted octanol–water partition coefficient (Wildman–Crippen LogP) is 2.66. The van der Waals surface area contributed by atoms with E-state index in [4.69, 9.17) is 20.8 Å². The number of fused-ring (bicyclic) bond motifs is 3. The molecule has 2 aromatic heterocycles. The highest BCUT2D eigenvalue weighted by molar-refractivity contribution is 6.30. The molecule has 0 bridgehead atoms. The molecule has 4 rings (SSSR count). The molecule has 1 N–H and O–H groups in total. The van der Waals surface area contributed by atoms with E-state index < -0.39 is 24.0 Å². The molecule has 1 amide bonds. The molecule has 0 spiro atoms.